The third kappa shape index (κ3) is 3.79. The Kier molecular flexibility index (Phi) is 5.15. The van der Waals surface area contributed by atoms with Crippen LogP contribution in [0.3, 0.4) is 0 Å². The molecule has 2 aromatic carbocycles. The monoisotopic (exact) mass is 463 g/mol. The highest BCUT2D eigenvalue weighted by Crippen LogP contribution is 2.48. The molecule has 3 aromatic rings. The molecule has 0 saturated carbocycles. The van der Waals surface area contributed by atoms with Crippen molar-refractivity contribution >= 4 is 28.1 Å². The Morgan fingerprint density at radius 3 is 2.55 bits per heavy atom. The molecule has 9 heteroatoms. The number of piperidine rings is 1. The summed E-state index contributed by atoms with van der Waals surface area (Å²) in [7, 11) is 0. The fraction of sp³-hybridized carbons (Fsp3) is 0.318. The van der Waals surface area contributed by atoms with Gasteiger partial charge in [-0.25, -0.2) is 4.98 Å². The molecular formula is C22H20F3N3OS2. The van der Waals surface area contributed by atoms with Crippen molar-refractivity contribution in [1.29, 1.82) is 0 Å². The quantitative estimate of drug-likeness (QED) is 0.537. The Hall–Kier alpha value is -2.23. The fourth-order valence-electron chi connectivity index (χ4n) is 4.24. The summed E-state index contributed by atoms with van der Waals surface area (Å²) in [6.45, 7) is 1.51. The predicted octanol–water partition coefficient (Wildman–Crippen LogP) is 5.74. The van der Waals surface area contributed by atoms with Gasteiger partial charge in [-0.3, -0.25) is 0 Å². The maximum absolute atomic E-state index is 13.3. The number of aromatic nitrogens is 1. The van der Waals surface area contributed by atoms with Gasteiger partial charge in [0.1, 0.15) is 16.4 Å². The standard InChI is InChI=1S/C22H20F3N3OS2/c23-22(24,25)15-6-2-4-8-17(15)30-20-27-13-18(31-20)28-11-9-21(10-12-28)19(26)14-5-1-3-7-16(14)29-21/h1-8,13,19H,9-12,26H2/t19-/m1/s1. The van der Waals surface area contributed by atoms with Gasteiger partial charge in [0.25, 0.3) is 0 Å². The van der Waals surface area contributed by atoms with Crippen molar-refractivity contribution in [3.05, 3.63) is 65.9 Å². The number of nitrogens with zero attached hydrogens (tertiary/aromatic N) is 2. The second kappa shape index (κ2) is 7.72. The van der Waals surface area contributed by atoms with E-state index in [0.717, 1.165) is 60.1 Å². The zero-order valence-electron chi connectivity index (χ0n) is 16.4. The molecule has 4 nitrogen and oxygen atoms in total. The van der Waals surface area contributed by atoms with Crippen LogP contribution in [0.5, 0.6) is 5.75 Å². The van der Waals surface area contributed by atoms with Crippen LogP contribution < -0.4 is 15.4 Å². The normalized spacial score (nSPS) is 20.0. The Balaban J connectivity index is 1.28. The zero-order chi connectivity index (χ0) is 21.6. The number of thiazole rings is 1. The molecular weight excluding hydrogens is 443 g/mol. The molecule has 162 valence electrons. The molecule has 2 aliphatic rings. The molecule has 0 radical (unpaired) electrons. The Morgan fingerprint density at radius 2 is 1.81 bits per heavy atom. The van der Waals surface area contributed by atoms with Gasteiger partial charge in [-0.15, -0.1) is 0 Å². The highest BCUT2D eigenvalue weighted by Gasteiger charge is 2.48. The van der Waals surface area contributed by atoms with Crippen LogP contribution in [-0.2, 0) is 6.18 Å². The number of alkyl halides is 3. The van der Waals surface area contributed by atoms with Crippen LogP contribution in [0, 0.1) is 0 Å². The lowest BCUT2D eigenvalue weighted by Gasteiger charge is -2.41. The summed E-state index contributed by atoms with van der Waals surface area (Å²) in [4.78, 5) is 6.74. The molecule has 0 amide bonds. The highest BCUT2D eigenvalue weighted by molar-refractivity contribution is 8.01. The first-order chi connectivity index (χ1) is 14.9. The molecule has 5 rings (SSSR count). The van der Waals surface area contributed by atoms with Crippen LogP contribution in [-0.4, -0.2) is 23.7 Å². The first kappa shape index (κ1) is 20.7. The van der Waals surface area contributed by atoms with E-state index in [1.807, 2.05) is 24.3 Å². The van der Waals surface area contributed by atoms with E-state index in [1.165, 1.54) is 23.5 Å². The van der Waals surface area contributed by atoms with E-state index < -0.39 is 17.3 Å². The van der Waals surface area contributed by atoms with Crippen molar-refractivity contribution in [2.75, 3.05) is 18.0 Å². The molecule has 31 heavy (non-hydrogen) atoms. The summed E-state index contributed by atoms with van der Waals surface area (Å²) < 4.78 is 46.7. The molecule has 0 aliphatic carbocycles. The van der Waals surface area contributed by atoms with E-state index in [9.17, 15) is 13.2 Å². The summed E-state index contributed by atoms with van der Waals surface area (Å²) in [5.41, 5.74) is 6.55. The van der Waals surface area contributed by atoms with Gasteiger partial charge in [-0.1, -0.05) is 53.4 Å². The van der Waals surface area contributed by atoms with E-state index >= 15 is 0 Å². The smallest absolute Gasteiger partial charge is 0.417 e. The molecule has 1 fully saturated rings. The topological polar surface area (TPSA) is 51.4 Å². The van der Waals surface area contributed by atoms with Crippen LogP contribution in [0.15, 0.2) is 64.0 Å². The van der Waals surface area contributed by atoms with Crippen LogP contribution in [0.25, 0.3) is 0 Å². The lowest BCUT2D eigenvalue weighted by molar-refractivity contribution is -0.139. The Morgan fingerprint density at radius 1 is 1.10 bits per heavy atom. The zero-order valence-corrected chi connectivity index (χ0v) is 18.1. The van der Waals surface area contributed by atoms with E-state index in [-0.39, 0.29) is 10.9 Å². The van der Waals surface area contributed by atoms with Gasteiger partial charge in [-0.05, 0) is 18.2 Å². The van der Waals surface area contributed by atoms with E-state index in [4.69, 9.17) is 10.5 Å². The third-order valence-electron chi connectivity index (χ3n) is 5.92. The second-order valence-electron chi connectivity index (χ2n) is 7.73. The van der Waals surface area contributed by atoms with Gasteiger partial charge in [0.05, 0.1) is 17.8 Å². The van der Waals surface area contributed by atoms with Gasteiger partial charge in [0.15, 0.2) is 4.34 Å². The average Bonchev–Trinajstić information content (AvgIpc) is 3.32. The van der Waals surface area contributed by atoms with Crippen molar-refractivity contribution in [3.8, 4) is 5.75 Å². The van der Waals surface area contributed by atoms with Crippen LogP contribution >= 0.6 is 23.1 Å². The lowest BCUT2D eigenvalue weighted by Crippen LogP contribution is -2.51. The van der Waals surface area contributed by atoms with Crippen LogP contribution in [0.2, 0.25) is 0 Å². The van der Waals surface area contributed by atoms with E-state index in [1.54, 1.807) is 12.3 Å². The van der Waals surface area contributed by atoms with E-state index in [2.05, 4.69) is 9.88 Å². The number of rotatable bonds is 3. The number of halogens is 3. The summed E-state index contributed by atoms with van der Waals surface area (Å²) in [6.07, 6.45) is -1.09. The maximum atomic E-state index is 13.3. The molecule has 1 spiro atoms. The number of ether oxygens (including phenoxy) is 1. The number of fused-ring (bicyclic) bond motifs is 1. The van der Waals surface area contributed by atoms with Crippen molar-refractivity contribution in [2.45, 2.75) is 39.9 Å². The molecule has 0 bridgehead atoms. The summed E-state index contributed by atoms with van der Waals surface area (Å²) in [6, 6.07) is 13.3. The molecule has 1 saturated heterocycles. The number of para-hydroxylation sites is 1. The Labute approximate surface area is 186 Å². The third-order valence-corrected chi connectivity index (χ3v) is 8.13. The predicted molar refractivity (Wildman–Crippen MR) is 116 cm³/mol. The van der Waals surface area contributed by atoms with Crippen LogP contribution in [0.4, 0.5) is 18.2 Å². The van der Waals surface area contributed by atoms with Gasteiger partial charge < -0.3 is 15.4 Å². The number of hydrogen-bond donors (Lipinski definition) is 1. The maximum Gasteiger partial charge on any atom is 0.417 e. The van der Waals surface area contributed by atoms with Gasteiger partial charge in [0.2, 0.25) is 0 Å². The fourth-order valence-corrected chi connectivity index (χ4v) is 6.37. The first-order valence-electron chi connectivity index (χ1n) is 9.94. The minimum Gasteiger partial charge on any atom is -0.485 e. The van der Waals surface area contributed by atoms with Crippen molar-refractivity contribution in [3.63, 3.8) is 0 Å². The minimum absolute atomic E-state index is 0.155. The van der Waals surface area contributed by atoms with Crippen molar-refractivity contribution in [1.82, 2.24) is 4.98 Å². The van der Waals surface area contributed by atoms with Crippen LogP contribution in [0.1, 0.15) is 30.0 Å². The first-order valence-corrected chi connectivity index (χ1v) is 11.6. The molecule has 2 aliphatic heterocycles. The average molecular weight is 464 g/mol. The van der Waals surface area contributed by atoms with Gasteiger partial charge >= 0.3 is 6.18 Å². The summed E-state index contributed by atoms with van der Waals surface area (Å²) in [5.74, 6) is 0.864. The van der Waals surface area contributed by atoms with Gasteiger partial charge in [-0.2, -0.15) is 13.2 Å². The summed E-state index contributed by atoms with van der Waals surface area (Å²) >= 11 is 2.46. The summed E-state index contributed by atoms with van der Waals surface area (Å²) in [5, 5.41) is 0.950. The molecule has 1 aromatic heterocycles. The van der Waals surface area contributed by atoms with Crippen molar-refractivity contribution in [2.24, 2.45) is 5.73 Å². The molecule has 3 heterocycles. The molecule has 0 unspecified atom stereocenters. The number of hydrogen-bond acceptors (Lipinski definition) is 6. The molecule has 2 N–H and O–H groups in total. The highest BCUT2D eigenvalue weighted by atomic mass is 32.2. The number of benzene rings is 2. The molecule has 1 atom stereocenters. The minimum atomic E-state index is -4.39. The Bertz CT molecular complexity index is 1090. The SMILES string of the molecule is N[C@@H]1c2ccccc2OC12CCN(c1cnc(Sc3ccccc3C(F)(F)F)s1)CC2. The van der Waals surface area contributed by atoms with E-state index in [0.29, 0.717) is 4.34 Å². The number of nitrogens with two attached hydrogens (primary N) is 1. The lowest BCUT2D eigenvalue weighted by atomic mass is 9.83. The van der Waals surface area contributed by atoms with Gasteiger partial charge in [0, 0.05) is 36.4 Å². The number of anilines is 1. The second-order valence-corrected chi connectivity index (χ2v) is 10.0. The van der Waals surface area contributed by atoms with Crippen molar-refractivity contribution < 1.29 is 17.9 Å². The largest absolute Gasteiger partial charge is 0.485 e.